The van der Waals surface area contributed by atoms with Crippen molar-refractivity contribution in [3.63, 3.8) is 0 Å². The van der Waals surface area contributed by atoms with Crippen molar-refractivity contribution in [1.82, 2.24) is 10.2 Å². The summed E-state index contributed by atoms with van der Waals surface area (Å²) in [6.45, 7) is 6.92. The summed E-state index contributed by atoms with van der Waals surface area (Å²) >= 11 is 3.50. The number of hydrogen-bond donors (Lipinski definition) is 1. The number of benzene rings is 1. The maximum atomic E-state index is 13.0. The van der Waals surface area contributed by atoms with Crippen LogP contribution in [0.5, 0.6) is 0 Å². The average Bonchev–Trinajstić information content (AvgIpc) is 2.52. The van der Waals surface area contributed by atoms with Crippen LogP contribution in [-0.4, -0.2) is 37.5 Å². The fraction of sp³-hybridized carbons (Fsp3) is 0.611. The lowest BCUT2D eigenvalue weighted by molar-refractivity contribution is -0.137. The Morgan fingerprint density at radius 2 is 2.05 bits per heavy atom. The molecule has 22 heavy (non-hydrogen) atoms. The molecular formula is C18H27BrN2O. The highest BCUT2D eigenvalue weighted by Crippen LogP contribution is 2.30. The van der Waals surface area contributed by atoms with Gasteiger partial charge in [0.15, 0.2) is 0 Å². The number of carbonyl (C=O) groups is 1. The zero-order valence-corrected chi connectivity index (χ0v) is 15.4. The second-order valence-corrected chi connectivity index (χ2v) is 7.68. The Labute approximate surface area is 142 Å². The van der Waals surface area contributed by atoms with Crippen molar-refractivity contribution < 1.29 is 4.79 Å². The molecule has 3 nitrogen and oxygen atoms in total. The number of carbonyl (C=O) groups excluding carboxylic acids is 1. The third-order valence-electron chi connectivity index (χ3n) is 4.79. The summed E-state index contributed by atoms with van der Waals surface area (Å²) in [4.78, 5) is 15.0. The minimum absolute atomic E-state index is 0.248. The molecule has 1 fully saturated rings. The quantitative estimate of drug-likeness (QED) is 0.863. The molecule has 122 valence electrons. The normalized spacial score (nSPS) is 16.8. The highest BCUT2D eigenvalue weighted by molar-refractivity contribution is 9.10. The molecule has 1 N–H and O–H groups in total. The van der Waals surface area contributed by atoms with Gasteiger partial charge in [0, 0.05) is 17.6 Å². The Bertz CT molecular complexity index is 508. The zero-order valence-electron chi connectivity index (χ0n) is 13.9. The van der Waals surface area contributed by atoms with Gasteiger partial charge in [0.25, 0.3) is 0 Å². The predicted octanol–water partition coefficient (Wildman–Crippen LogP) is 3.57. The lowest BCUT2D eigenvalue weighted by atomic mass is 9.82. The lowest BCUT2D eigenvalue weighted by Crippen LogP contribution is -2.47. The van der Waals surface area contributed by atoms with Gasteiger partial charge in [-0.25, -0.2) is 0 Å². The average molecular weight is 367 g/mol. The Kier molecular flexibility index (Phi) is 6.04. The van der Waals surface area contributed by atoms with E-state index in [1.165, 1.54) is 6.42 Å². The third-order valence-corrected chi connectivity index (χ3v) is 5.28. The van der Waals surface area contributed by atoms with E-state index < -0.39 is 5.41 Å². The van der Waals surface area contributed by atoms with Crippen LogP contribution >= 0.6 is 15.9 Å². The third kappa shape index (κ3) is 4.11. The van der Waals surface area contributed by atoms with Crippen molar-refractivity contribution in [2.45, 2.75) is 38.5 Å². The van der Waals surface area contributed by atoms with Crippen LogP contribution in [0.3, 0.4) is 0 Å². The molecule has 0 saturated carbocycles. The predicted molar refractivity (Wildman–Crippen MR) is 95.0 cm³/mol. The Hall–Kier alpha value is -0.870. The molecule has 0 unspecified atom stereocenters. The molecule has 1 heterocycles. The van der Waals surface area contributed by atoms with E-state index in [9.17, 15) is 4.79 Å². The standard InChI is InChI=1S/C18H27BrN2O/c1-18(2,15-5-4-6-16(19)13-15)17(22)21-11-8-14(9-12-21)7-10-20-3/h4-6,13-14,20H,7-12H2,1-3H3. The van der Waals surface area contributed by atoms with E-state index in [1.54, 1.807) is 0 Å². The molecular weight excluding hydrogens is 340 g/mol. The summed E-state index contributed by atoms with van der Waals surface area (Å²) in [5, 5.41) is 3.22. The van der Waals surface area contributed by atoms with Crippen molar-refractivity contribution in [3.05, 3.63) is 34.3 Å². The molecule has 0 aromatic heterocycles. The largest absolute Gasteiger partial charge is 0.342 e. The fourth-order valence-electron chi connectivity index (χ4n) is 3.17. The first-order chi connectivity index (χ1) is 10.4. The molecule has 1 aliphatic rings. The van der Waals surface area contributed by atoms with E-state index in [2.05, 4.69) is 32.2 Å². The first-order valence-corrected chi connectivity index (χ1v) is 8.94. The van der Waals surface area contributed by atoms with Crippen LogP contribution in [0.2, 0.25) is 0 Å². The maximum Gasteiger partial charge on any atom is 0.232 e. The topological polar surface area (TPSA) is 32.3 Å². The van der Waals surface area contributed by atoms with Crippen LogP contribution in [0.15, 0.2) is 28.7 Å². The first-order valence-electron chi connectivity index (χ1n) is 8.15. The summed E-state index contributed by atoms with van der Waals surface area (Å²) in [5.41, 5.74) is 0.603. The van der Waals surface area contributed by atoms with E-state index in [0.717, 1.165) is 48.4 Å². The first kappa shape index (κ1) is 17.5. The number of amides is 1. The SMILES string of the molecule is CNCCC1CCN(C(=O)C(C)(C)c2cccc(Br)c2)CC1. The summed E-state index contributed by atoms with van der Waals surface area (Å²) < 4.78 is 1.02. The Morgan fingerprint density at radius 1 is 1.36 bits per heavy atom. The molecule has 1 amide bonds. The highest BCUT2D eigenvalue weighted by Gasteiger charge is 2.35. The van der Waals surface area contributed by atoms with Crippen LogP contribution < -0.4 is 5.32 Å². The van der Waals surface area contributed by atoms with Gasteiger partial charge in [-0.2, -0.15) is 0 Å². The van der Waals surface area contributed by atoms with Gasteiger partial charge in [0.05, 0.1) is 5.41 Å². The number of nitrogens with zero attached hydrogens (tertiary/aromatic N) is 1. The molecule has 0 bridgehead atoms. The van der Waals surface area contributed by atoms with Gasteiger partial charge in [0.1, 0.15) is 0 Å². The molecule has 1 saturated heterocycles. The number of nitrogens with one attached hydrogen (secondary N) is 1. The van der Waals surface area contributed by atoms with Crippen LogP contribution in [-0.2, 0) is 10.2 Å². The van der Waals surface area contributed by atoms with Gasteiger partial charge in [-0.15, -0.1) is 0 Å². The summed E-state index contributed by atoms with van der Waals surface area (Å²) in [5.74, 6) is 1.00. The van der Waals surface area contributed by atoms with E-state index in [-0.39, 0.29) is 5.91 Å². The van der Waals surface area contributed by atoms with Gasteiger partial charge in [-0.1, -0.05) is 28.1 Å². The van der Waals surface area contributed by atoms with Gasteiger partial charge >= 0.3 is 0 Å². The number of rotatable bonds is 5. The molecule has 0 aliphatic carbocycles. The monoisotopic (exact) mass is 366 g/mol. The molecule has 0 spiro atoms. The maximum absolute atomic E-state index is 13.0. The number of piperidine rings is 1. The number of halogens is 1. The van der Waals surface area contributed by atoms with Gasteiger partial charge in [-0.3, -0.25) is 4.79 Å². The van der Waals surface area contributed by atoms with Crippen molar-refractivity contribution >= 4 is 21.8 Å². The zero-order chi connectivity index (χ0) is 16.2. The van der Waals surface area contributed by atoms with Gasteiger partial charge < -0.3 is 10.2 Å². The van der Waals surface area contributed by atoms with E-state index in [0.29, 0.717) is 0 Å². The molecule has 1 aliphatic heterocycles. The molecule has 4 heteroatoms. The number of likely N-dealkylation sites (tertiary alicyclic amines) is 1. The van der Waals surface area contributed by atoms with Crippen molar-refractivity contribution in [2.75, 3.05) is 26.7 Å². The van der Waals surface area contributed by atoms with E-state index >= 15 is 0 Å². The van der Waals surface area contributed by atoms with Crippen LogP contribution in [0, 0.1) is 5.92 Å². The minimum atomic E-state index is -0.471. The molecule has 1 aromatic rings. The Balaban J connectivity index is 1.99. The van der Waals surface area contributed by atoms with Crippen LogP contribution in [0.1, 0.15) is 38.7 Å². The Morgan fingerprint density at radius 3 is 2.64 bits per heavy atom. The summed E-state index contributed by atoms with van der Waals surface area (Å²) in [7, 11) is 2.00. The van der Waals surface area contributed by atoms with Gasteiger partial charge in [-0.05, 0) is 70.3 Å². The van der Waals surface area contributed by atoms with Crippen molar-refractivity contribution in [1.29, 1.82) is 0 Å². The smallest absolute Gasteiger partial charge is 0.232 e. The second-order valence-electron chi connectivity index (χ2n) is 6.76. The van der Waals surface area contributed by atoms with Crippen molar-refractivity contribution in [2.24, 2.45) is 5.92 Å². The second kappa shape index (κ2) is 7.60. The molecule has 0 atom stereocenters. The molecule has 2 rings (SSSR count). The number of hydrogen-bond acceptors (Lipinski definition) is 2. The fourth-order valence-corrected chi connectivity index (χ4v) is 3.57. The highest BCUT2D eigenvalue weighted by atomic mass is 79.9. The minimum Gasteiger partial charge on any atom is -0.342 e. The molecule has 1 aromatic carbocycles. The van der Waals surface area contributed by atoms with Crippen LogP contribution in [0.4, 0.5) is 0 Å². The lowest BCUT2D eigenvalue weighted by Gasteiger charge is -2.37. The summed E-state index contributed by atoms with van der Waals surface area (Å²) in [6.07, 6.45) is 3.47. The van der Waals surface area contributed by atoms with E-state index in [1.807, 2.05) is 39.1 Å². The molecule has 0 radical (unpaired) electrons. The summed E-state index contributed by atoms with van der Waals surface area (Å²) in [6, 6.07) is 8.09. The van der Waals surface area contributed by atoms with Gasteiger partial charge in [0.2, 0.25) is 5.91 Å². The van der Waals surface area contributed by atoms with Crippen molar-refractivity contribution in [3.8, 4) is 0 Å². The van der Waals surface area contributed by atoms with E-state index in [4.69, 9.17) is 0 Å². The van der Waals surface area contributed by atoms with Crippen LogP contribution in [0.25, 0.3) is 0 Å².